The third-order valence-electron chi connectivity index (χ3n) is 4.14. The quantitative estimate of drug-likeness (QED) is 0.258. The molecule has 0 aromatic heterocycles. The van der Waals surface area contributed by atoms with E-state index in [-0.39, 0.29) is 12.4 Å². The molecular weight excluding hydrogens is 475 g/mol. The van der Waals surface area contributed by atoms with Crippen molar-refractivity contribution < 1.29 is 14.3 Å². The van der Waals surface area contributed by atoms with Gasteiger partial charge < -0.3 is 9.47 Å². The Kier molecular flexibility index (Phi) is 7.37. The summed E-state index contributed by atoms with van der Waals surface area (Å²) in [6.45, 7) is 0.275. The second-order valence-corrected chi connectivity index (χ2v) is 7.90. The van der Waals surface area contributed by atoms with E-state index in [0.717, 1.165) is 15.6 Å². The van der Waals surface area contributed by atoms with Crippen LogP contribution in [-0.4, -0.2) is 12.9 Å². The average Bonchev–Trinajstić information content (AvgIpc) is 2.72. The summed E-state index contributed by atoms with van der Waals surface area (Å²) in [5.41, 5.74) is 2.27. The molecule has 0 radical (unpaired) electrons. The third kappa shape index (κ3) is 5.86. The molecule has 0 aliphatic heterocycles. The maximum Gasteiger partial charge on any atom is 0.185 e. The Balaban J connectivity index is 1.75. The molecule has 0 atom stereocenters. The number of hydrogen-bond acceptors (Lipinski definition) is 3. The minimum Gasteiger partial charge on any atom is -0.496 e. The topological polar surface area (TPSA) is 35.5 Å². The van der Waals surface area contributed by atoms with E-state index in [0.29, 0.717) is 27.1 Å². The highest BCUT2D eigenvalue weighted by Gasteiger charge is 2.08. The van der Waals surface area contributed by atoms with Gasteiger partial charge in [-0.15, -0.1) is 0 Å². The maximum absolute atomic E-state index is 12.3. The van der Waals surface area contributed by atoms with Crippen LogP contribution in [0, 0.1) is 0 Å². The summed E-state index contributed by atoms with van der Waals surface area (Å²) in [6.07, 6.45) is 3.29. The van der Waals surface area contributed by atoms with Crippen molar-refractivity contribution in [3.05, 3.63) is 97.9 Å². The van der Waals surface area contributed by atoms with Crippen LogP contribution in [0.2, 0.25) is 10.0 Å². The van der Waals surface area contributed by atoms with E-state index in [1.165, 1.54) is 6.08 Å². The van der Waals surface area contributed by atoms with Gasteiger partial charge in [0.2, 0.25) is 0 Å². The molecule has 0 aliphatic rings. The van der Waals surface area contributed by atoms with E-state index in [1.807, 2.05) is 24.3 Å². The van der Waals surface area contributed by atoms with Gasteiger partial charge in [-0.2, -0.15) is 0 Å². The summed E-state index contributed by atoms with van der Waals surface area (Å²) in [6, 6.07) is 17.8. The van der Waals surface area contributed by atoms with Crippen LogP contribution >= 0.6 is 39.1 Å². The molecule has 0 bridgehead atoms. The summed E-state index contributed by atoms with van der Waals surface area (Å²) >= 11 is 15.4. The zero-order valence-electron chi connectivity index (χ0n) is 15.5. The standard InChI is InChI=1S/C23H17BrCl2O3/c1-28-22-10-3-15(2-9-21(27)16-4-7-19(25)8-5-16)12-17(22)14-29-23-11-6-18(24)13-20(23)26/h2-13H,14H2,1H3/b9-2+. The molecule has 0 saturated carbocycles. The minimum absolute atomic E-state index is 0.100. The van der Waals surface area contributed by atoms with Gasteiger partial charge in [-0.3, -0.25) is 4.79 Å². The Hall–Kier alpha value is -2.27. The summed E-state index contributed by atoms with van der Waals surface area (Å²) in [7, 11) is 1.60. The van der Waals surface area contributed by atoms with Gasteiger partial charge in [-0.05, 0) is 66.2 Å². The van der Waals surface area contributed by atoms with Crippen molar-refractivity contribution in [3.63, 3.8) is 0 Å². The van der Waals surface area contributed by atoms with Crippen LogP contribution in [0.15, 0.2) is 71.2 Å². The second-order valence-electron chi connectivity index (χ2n) is 6.14. The first-order valence-corrected chi connectivity index (χ1v) is 10.2. The number of ether oxygens (including phenoxy) is 2. The Morgan fingerprint density at radius 3 is 2.41 bits per heavy atom. The van der Waals surface area contributed by atoms with Crippen molar-refractivity contribution in [1.29, 1.82) is 0 Å². The third-order valence-corrected chi connectivity index (χ3v) is 5.18. The highest BCUT2D eigenvalue weighted by atomic mass is 79.9. The lowest BCUT2D eigenvalue weighted by Crippen LogP contribution is -2.00. The lowest BCUT2D eigenvalue weighted by atomic mass is 10.1. The lowest BCUT2D eigenvalue weighted by Gasteiger charge is -2.12. The molecular formula is C23H17BrCl2O3. The number of allylic oxidation sites excluding steroid dienone is 1. The van der Waals surface area contributed by atoms with Gasteiger partial charge in [0.1, 0.15) is 18.1 Å². The molecule has 0 amide bonds. The van der Waals surface area contributed by atoms with Gasteiger partial charge in [-0.25, -0.2) is 0 Å². The van der Waals surface area contributed by atoms with Gasteiger partial charge in [-0.1, -0.05) is 51.3 Å². The maximum atomic E-state index is 12.3. The van der Waals surface area contributed by atoms with Crippen LogP contribution in [-0.2, 0) is 6.61 Å². The van der Waals surface area contributed by atoms with Gasteiger partial charge in [0.05, 0.1) is 12.1 Å². The minimum atomic E-state index is -0.100. The molecule has 0 heterocycles. The fourth-order valence-corrected chi connectivity index (χ4v) is 3.50. The van der Waals surface area contributed by atoms with E-state index in [2.05, 4.69) is 15.9 Å². The number of halogens is 3. The van der Waals surface area contributed by atoms with Crippen molar-refractivity contribution >= 4 is 51.0 Å². The summed E-state index contributed by atoms with van der Waals surface area (Å²) in [5.74, 6) is 1.17. The first-order chi connectivity index (χ1) is 14.0. The number of rotatable bonds is 7. The van der Waals surface area contributed by atoms with E-state index in [9.17, 15) is 4.79 Å². The first-order valence-electron chi connectivity index (χ1n) is 8.69. The van der Waals surface area contributed by atoms with E-state index in [1.54, 1.807) is 49.6 Å². The average molecular weight is 492 g/mol. The Bertz CT molecular complexity index is 1050. The van der Waals surface area contributed by atoms with Gasteiger partial charge >= 0.3 is 0 Å². The predicted molar refractivity (Wildman–Crippen MR) is 121 cm³/mol. The Morgan fingerprint density at radius 1 is 1.00 bits per heavy atom. The fourth-order valence-electron chi connectivity index (χ4n) is 2.65. The van der Waals surface area contributed by atoms with Gasteiger partial charge in [0.25, 0.3) is 0 Å². The number of carbonyl (C=O) groups is 1. The molecule has 0 N–H and O–H groups in total. The molecule has 0 fully saturated rings. The number of hydrogen-bond donors (Lipinski definition) is 0. The molecule has 0 aliphatic carbocycles. The van der Waals surface area contributed by atoms with Crippen molar-refractivity contribution in [2.45, 2.75) is 6.61 Å². The first kappa shape index (κ1) is 21.4. The summed E-state index contributed by atoms with van der Waals surface area (Å²) < 4.78 is 12.1. The Labute approximate surface area is 188 Å². The normalized spacial score (nSPS) is 10.9. The monoisotopic (exact) mass is 490 g/mol. The van der Waals surface area contributed by atoms with Crippen LogP contribution in [0.5, 0.6) is 11.5 Å². The number of carbonyl (C=O) groups excluding carboxylic acids is 1. The zero-order chi connectivity index (χ0) is 20.8. The van der Waals surface area contributed by atoms with Crippen LogP contribution in [0.1, 0.15) is 21.5 Å². The van der Waals surface area contributed by atoms with Crippen LogP contribution < -0.4 is 9.47 Å². The van der Waals surface area contributed by atoms with Crippen molar-refractivity contribution in [2.24, 2.45) is 0 Å². The van der Waals surface area contributed by atoms with Crippen molar-refractivity contribution in [1.82, 2.24) is 0 Å². The second kappa shape index (κ2) is 9.97. The number of benzene rings is 3. The predicted octanol–water partition coefficient (Wildman–Crippen LogP) is 7.24. The molecule has 3 rings (SSSR count). The van der Waals surface area contributed by atoms with E-state index < -0.39 is 0 Å². The van der Waals surface area contributed by atoms with Crippen LogP contribution in [0.25, 0.3) is 6.08 Å². The smallest absolute Gasteiger partial charge is 0.185 e. The highest BCUT2D eigenvalue weighted by Crippen LogP contribution is 2.30. The molecule has 3 aromatic carbocycles. The molecule has 6 heteroatoms. The number of ketones is 1. The van der Waals surface area contributed by atoms with Crippen molar-refractivity contribution in [2.75, 3.05) is 7.11 Å². The molecule has 0 unspecified atom stereocenters. The molecule has 3 nitrogen and oxygen atoms in total. The Morgan fingerprint density at radius 2 is 1.72 bits per heavy atom. The summed E-state index contributed by atoms with van der Waals surface area (Å²) in [4.78, 5) is 12.3. The largest absolute Gasteiger partial charge is 0.496 e. The molecule has 0 saturated heterocycles. The summed E-state index contributed by atoms with van der Waals surface area (Å²) in [5, 5.41) is 1.11. The molecule has 148 valence electrons. The molecule has 3 aromatic rings. The van der Waals surface area contributed by atoms with Crippen molar-refractivity contribution in [3.8, 4) is 11.5 Å². The van der Waals surface area contributed by atoms with Gasteiger partial charge in [0.15, 0.2) is 5.78 Å². The fraction of sp³-hybridized carbons (Fsp3) is 0.0870. The number of methoxy groups -OCH3 is 1. The SMILES string of the molecule is COc1ccc(/C=C/C(=O)c2ccc(Cl)cc2)cc1COc1ccc(Br)cc1Cl. The molecule has 29 heavy (non-hydrogen) atoms. The highest BCUT2D eigenvalue weighted by molar-refractivity contribution is 9.10. The van der Waals surface area contributed by atoms with Crippen LogP contribution in [0.4, 0.5) is 0 Å². The lowest BCUT2D eigenvalue weighted by molar-refractivity contribution is 0.104. The zero-order valence-corrected chi connectivity index (χ0v) is 18.6. The van der Waals surface area contributed by atoms with Gasteiger partial charge in [0, 0.05) is 20.6 Å². The molecule has 0 spiro atoms. The van der Waals surface area contributed by atoms with E-state index >= 15 is 0 Å². The van der Waals surface area contributed by atoms with Crippen LogP contribution in [0.3, 0.4) is 0 Å². The van der Waals surface area contributed by atoms with E-state index in [4.69, 9.17) is 32.7 Å².